The van der Waals surface area contributed by atoms with Crippen molar-refractivity contribution in [3.63, 3.8) is 0 Å². The Morgan fingerprint density at radius 3 is 2.21 bits per heavy atom. The lowest BCUT2D eigenvalue weighted by Gasteiger charge is -2.33. The first-order valence-electron chi connectivity index (χ1n) is 12.7. The van der Waals surface area contributed by atoms with Gasteiger partial charge in [-0.3, -0.25) is 28.8 Å². The molecule has 1 aromatic heterocycles. The van der Waals surface area contributed by atoms with Crippen LogP contribution < -0.4 is 10.6 Å². The lowest BCUT2D eigenvalue weighted by Crippen LogP contribution is -2.50. The van der Waals surface area contributed by atoms with Crippen LogP contribution in [0.25, 0.3) is 0 Å². The number of ether oxygens (including phenoxy) is 2. The average Bonchev–Trinajstić information content (AvgIpc) is 3.53. The predicted octanol–water partition coefficient (Wildman–Crippen LogP) is 2.01. The maximum atomic E-state index is 13.1. The van der Waals surface area contributed by atoms with Crippen molar-refractivity contribution < 1.29 is 28.7 Å². The van der Waals surface area contributed by atoms with Gasteiger partial charge in [-0.05, 0) is 24.6 Å². The van der Waals surface area contributed by atoms with Gasteiger partial charge in [0.25, 0.3) is 23.6 Å². The lowest BCUT2D eigenvalue weighted by molar-refractivity contribution is -0.198. The maximum Gasteiger partial charge on any atom is 0.271 e. The number of imide groups is 1. The van der Waals surface area contributed by atoms with Crippen molar-refractivity contribution >= 4 is 23.6 Å². The van der Waals surface area contributed by atoms with Gasteiger partial charge in [0.05, 0.1) is 36.4 Å². The number of amides is 4. The van der Waals surface area contributed by atoms with Crippen LogP contribution in [0, 0.1) is 0 Å². The van der Waals surface area contributed by atoms with Gasteiger partial charge in [-0.25, -0.2) is 0 Å². The molecule has 39 heavy (non-hydrogen) atoms. The number of rotatable bonds is 8. The molecular formula is C28H29N5O6. The Bertz CT molecular complexity index is 1360. The van der Waals surface area contributed by atoms with E-state index in [1.807, 2.05) is 37.3 Å². The van der Waals surface area contributed by atoms with E-state index >= 15 is 0 Å². The van der Waals surface area contributed by atoms with Gasteiger partial charge in [0.15, 0.2) is 12.0 Å². The molecular weight excluding hydrogens is 502 g/mol. The van der Waals surface area contributed by atoms with E-state index in [-0.39, 0.29) is 60.8 Å². The molecule has 0 bridgehead atoms. The molecule has 1 atom stereocenters. The van der Waals surface area contributed by atoms with Crippen LogP contribution in [-0.4, -0.2) is 77.4 Å². The number of hydrogen-bond donors (Lipinski definition) is 2. The molecule has 2 aromatic carbocycles. The highest BCUT2D eigenvalue weighted by Crippen LogP contribution is 2.26. The second-order valence-electron chi connectivity index (χ2n) is 9.35. The minimum Gasteiger partial charge on any atom is -0.354 e. The largest absolute Gasteiger partial charge is 0.354 e. The molecule has 0 unspecified atom stereocenters. The maximum absolute atomic E-state index is 13.1. The quantitative estimate of drug-likeness (QED) is 0.425. The summed E-state index contributed by atoms with van der Waals surface area (Å²) in [5.74, 6) is -1.48. The molecule has 4 amide bonds. The van der Waals surface area contributed by atoms with Gasteiger partial charge >= 0.3 is 0 Å². The molecule has 1 saturated heterocycles. The molecule has 0 spiro atoms. The standard InChI is InChI=1S/C28H29N5O6/c1-17(18-8-4-3-5-9-18)33-23(14-22(31-33)25(34)29-2)26(35)30-13-12-24-38-15-19(16-39-24)32-27(36)20-10-6-7-11-21(20)28(32)37/h3-11,14,17,19,24H,12-13,15-16H2,1-2H3,(H,29,34)(H,30,35)/t17-,19-,24-/m0/s1. The molecule has 3 heterocycles. The minimum absolute atomic E-state index is 0.140. The molecule has 2 N–H and O–H groups in total. The Morgan fingerprint density at radius 2 is 1.59 bits per heavy atom. The van der Waals surface area contributed by atoms with E-state index < -0.39 is 12.3 Å². The van der Waals surface area contributed by atoms with Crippen LogP contribution >= 0.6 is 0 Å². The highest BCUT2D eigenvalue weighted by Gasteiger charge is 2.41. The third-order valence-corrected chi connectivity index (χ3v) is 6.88. The van der Waals surface area contributed by atoms with Crippen molar-refractivity contribution in [3.05, 3.63) is 88.7 Å². The van der Waals surface area contributed by atoms with Gasteiger partial charge in [0, 0.05) is 26.1 Å². The van der Waals surface area contributed by atoms with Crippen molar-refractivity contribution in [3.8, 4) is 0 Å². The van der Waals surface area contributed by atoms with E-state index in [0.717, 1.165) is 5.56 Å². The van der Waals surface area contributed by atoms with Gasteiger partial charge in [-0.15, -0.1) is 0 Å². The molecule has 11 nitrogen and oxygen atoms in total. The Hall–Kier alpha value is -4.35. The SMILES string of the molecule is CNC(=O)c1cc(C(=O)NCC[C@H]2OC[C@H](N3C(=O)c4ccccc4C3=O)CO2)n([C@@H](C)c2ccccc2)n1. The first-order valence-corrected chi connectivity index (χ1v) is 12.7. The summed E-state index contributed by atoms with van der Waals surface area (Å²) >= 11 is 0. The highest BCUT2D eigenvalue weighted by molar-refractivity contribution is 6.21. The molecule has 2 aliphatic heterocycles. The van der Waals surface area contributed by atoms with Crippen molar-refractivity contribution in [1.29, 1.82) is 0 Å². The molecule has 1 fully saturated rings. The molecule has 5 rings (SSSR count). The highest BCUT2D eigenvalue weighted by atomic mass is 16.7. The summed E-state index contributed by atoms with van der Waals surface area (Å²) in [4.78, 5) is 51.9. The van der Waals surface area contributed by atoms with E-state index in [4.69, 9.17) is 9.47 Å². The van der Waals surface area contributed by atoms with E-state index in [2.05, 4.69) is 15.7 Å². The van der Waals surface area contributed by atoms with Gasteiger partial charge in [0.2, 0.25) is 0 Å². The number of hydrogen-bond acceptors (Lipinski definition) is 7. The molecule has 11 heteroatoms. The number of carbonyl (C=O) groups is 4. The normalized spacial score (nSPS) is 19.5. The molecule has 3 aromatic rings. The summed E-state index contributed by atoms with van der Waals surface area (Å²) in [7, 11) is 1.50. The third kappa shape index (κ3) is 5.18. The van der Waals surface area contributed by atoms with E-state index in [0.29, 0.717) is 17.5 Å². The summed E-state index contributed by atoms with van der Waals surface area (Å²) in [6.45, 7) is 2.42. The fourth-order valence-electron chi connectivity index (χ4n) is 4.75. The Morgan fingerprint density at radius 1 is 0.974 bits per heavy atom. The van der Waals surface area contributed by atoms with Crippen LogP contribution in [0.1, 0.15) is 66.6 Å². The van der Waals surface area contributed by atoms with E-state index in [1.165, 1.54) is 22.7 Å². The second-order valence-corrected chi connectivity index (χ2v) is 9.35. The zero-order valence-corrected chi connectivity index (χ0v) is 21.6. The summed E-state index contributed by atoms with van der Waals surface area (Å²) < 4.78 is 13.1. The van der Waals surface area contributed by atoms with Crippen molar-refractivity contribution in [2.45, 2.75) is 31.7 Å². The molecule has 0 aliphatic carbocycles. The van der Waals surface area contributed by atoms with E-state index in [1.54, 1.807) is 24.3 Å². The number of carbonyl (C=O) groups excluding carboxylic acids is 4. The van der Waals surface area contributed by atoms with Gasteiger partial charge in [-0.1, -0.05) is 42.5 Å². The molecule has 2 aliphatic rings. The van der Waals surface area contributed by atoms with Crippen LogP contribution in [0.4, 0.5) is 0 Å². The number of fused-ring (bicyclic) bond motifs is 1. The number of nitrogens with zero attached hydrogens (tertiary/aromatic N) is 3. The number of benzene rings is 2. The van der Waals surface area contributed by atoms with Crippen LogP contribution in [0.2, 0.25) is 0 Å². The lowest BCUT2D eigenvalue weighted by atomic mass is 10.1. The first-order chi connectivity index (χ1) is 18.9. The first kappa shape index (κ1) is 26.3. The van der Waals surface area contributed by atoms with Crippen LogP contribution in [-0.2, 0) is 9.47 Å². The van der Waals surface area contributed by atoms with Crippen molar-refractivity contribution in [2.24, 2.45) is 0 Å². The molecule has 0 radical (unpaired) electrons. The Labute approximate surface area is 225 Å². The van der Waals surface area contributed by atoms with Crippen LogP contribution in [0.5, 0.6) is 0 Å². The fourth-order valence-corrected chi connectivity index (χ4v) is 4.75. The monoisotopic (exact) mass is 531 g/mol. The predicted molar refractivity (Wildman–Crippen MR) is 139 cm³/mol. The summed E-state index contributed by atoms with van der Waals surface area (Å²) in [5, 5.41) is 9.76. The zero-order valence-electron chi connectivity index (χ0n) is 21.6. The van der Waals surface area contributed by atoms with Gasteiger partial charge in [0.1, 0.15) is 5.69 Å². The van der Waals surface area contributed by atoms with E-state index in [9.17, 15) is 19.2 Å². The fraction of sp³-hybridized carbons (Fsp3) is 0.321. The number of nitrogens with one attached hydrogen (secondary N) is 2. The van der Waals surface area contributed by atoms with Crippen molar-refractivity contribution in [2.75, 3.05) is 26.8 Å². The minimum atomic E-state index is -0.605. The third-order valence-electron chi connectivity index (χ3n) is 6.88. The Balaban J connectivity index is 1.17. The molecule has 202 valence electrons. The van der Waals surface area contributed by atoms with Gasteiger partial charge in [-0.2, -0.15) is 5.10 Å². The van der Waals surface area contributed by atoms with Gasteiger partial charge < -0.3 is 20.1 Å². The molecule has 0 saturated carbocycles. The van der Waals surface area contributed by atoms with Crippen LogP contribution in [0.3, 0.4) is 0 Å². The topological polar surface area (TPSA) is 132 Å². The average molecular weight is 532 g/mol. The second kappa shape index (κ2) is 11.2. The number of aromatic nitrogens is 2. The summed E-state index contributed by atoms with van der Waals surface area (Å²) in [5.41, 5.74) is 2.10. The van der Waals surface area contributed by atoms with Crippen molar-refractivity contribution in [1.82, 2.24) is 25.3 Å². The smallest absolute Gasteiger partial charge is 0.271 e. The zero-order chi connectivity index (χ0) is 27.5. The summed E-state index contributed by atoms with van der Waals surface area (Å²) in [6.07, 6.45) is -0.253. The Kier molecular flexibility index (Phi) is 7.53. The summed E-state index contributed by atoms with van der Waals surface area (Å²) in [6, 6.07) is 16.9. The van der Waals surface area contributed by atoms with Crippen LogP contribution in [0.15, 0.2) is 60.7 Å².